The van der Waals surface area contributed by atoms with Gasteiger partial charge < -0.3 is 20.6 Å². The first kappa shape index (κ1) is 17.5. The van der Waals surface area contributed by atoms with Crippen LogP contribution in [-0.2, 0) is 20.9 Å². The van der Waals surface area contributed by atoms with E-state index in [2.05, 4.69) is 5.32 Å². The Bertz CT molecular complexity index is 465. The number of carbonyl (C=O) groups is 3. The van der Waals surface area contributed by atoms with Crippen LogP contribution in [0.25, 0.3) is 0 Å². The van der Waals surface area contributed by atoms with E-state index >= 15 is 0 Å². The van der Waals surface area contributed by atoms with Crippen LogP contribution in [0.5, 0.6) is 0 Å². The lowest BCUT2D eigenvalue weighted by Gasteiger charge is -2.03. The Kier molecular flexibility index (Phi) is 8.28. The molecular weight excluding hydrogens is 273 g/mol. The zero-order valence-corrected chi connectivity index (χ0v) is 10.4. The Balaban J connectivity index is 0.000000511. The molecule has 0 aliphatic rings. The van der Waals surface area contributed by atoms with Gasteiger partial charge in [0, 0.05) is 18.7 Å². The monoisotopic (exact) mass is 287 g/mol. The maximum absolute atomic E-state index is 13.0. The van der Waals surface area contributed by atoms with Crippen LogP contribution < -0.4 is 5.32 Å². The van der Waals surface area contributed by atoms with Crippen molar-refractivity contribution in [2.24, 2.45) is 0 Å². The molecule has 0 radical (unpaired) electrons. The fourth-order valence-electron chi connectivity index (χ4n) is 1.06. The van der Waals surface area contributed by atoms with Gasteiger partial charge in [-0.25, -0.2) is 14.0 Å². The van der Waals surface area contributed by atoms with Crippen LogP contribution >= 0.6 is 0 Å². The minimum Gasteiger partial charge on any atom is -0.481 e. The molecule has 0 fully saturated rings. The second kappa shape index (κ2) is 9.45. The highest BCUT2D eigenvalue weighted by molar-refractivity contribution is 6.27. The second-order valence-electron chi connectivity index (χ2n) is 3.52. The predicted octanol–water partition coefficient (Wildman–Crippen LogP) is 0.546. The average Bonchev–Trinajstić information content (AvgIpc) is 2.37. The quantitative estimate of drug-likeness (QED) is 0.460. The number of carboxylic acid groups (broad SMARTS) is 3. The van der Waals surface area contributed by atoms with Crippen molar-refractivity contribution >= 4 is 17.9 Å². The number of nitrogens with one attached hydrogen (secondary N) is 1. The van der Waals surface area contributed by atoms with Crippen LogP contribution in [0, 0.1) is 5.82 Å². The van der Waals surface area contributed by atoms with E-state index in [1.54, 1.807) is 18.2 Å². The molecule has 1 rings (SSSR count). The lowest BCUT2D eigenvalue weighted by molar-refractivity contribution is -0.159. The van der Waals surface area contributed by atoms with Crippen molar-refractivity contribution < 1.29 is 34.1 Å². The third kappa shape index (κ3) is 8.59. The van der Waals surface area contributed by atoms with Gasteiger partial charge in [-0.15, -0.1) is 0 Å². The van der Waals surface area contributed by atoms with Gasteiger partial charge in [-0.05, 0) is 6.07 Å². The molecule has 20 heavy (non-hydrogen) atoms. The van der Waals surface area contributed by atoms with Gasteiger partial charge in [0.1, 0.15) is 5.82 Å². The summed E-state index contributed by atoms with van der Waals surface area (Å²) >= 11 is 0. The van der Waals surface area contributed by atoms with E-state index in [1.165, 1.54) is 6.07 Å². The minimum atomic E-state index is -1.82. The van der Waals surface area contributed by atoms with E-state index in [0.29, 0.717) is 18.7 Å². The number of hydrogen-bond donors (Lipinski definition) is 4. The van der Waals surface area contributed by atoms with E-state index in [4.69, 9.17) is 24.9 Å². The molecule has 0 heterocycles. The lowest BCUT2D eigenvalue weighted by Crippen LogP contribution is -2.18. The van der Waals surface area contributed by atoms with Crippen molar-refractivity contribution in [2.45, 2.75) is 13.0 Å². The van der Waals surface area contributed by atoms with Crippen LogP contribution in [0.15, 0.2) is 24.3 Å². The summed E-state index contributed by atoms with van der Waals surface area (Å²) in [7, 11) is 0. The van der Waals surface area contributed by atoms with Crippen LogP contribution in [0.1, 0.15) is 12.0 Å². The second-order valence-corrected chi connectivity index (χ2v) is 3.52. The van der Waals surface area contributed by atoms with E-state index < -0.39 is 17.9 Å². The summed E-state index contributed by atoms with van der Waals surface area (Å²) in [4.78, 5) is 28.4. The van der Waals surface area contributed by atoms with Crippen molar-refractivity contribution in [1.29, 1.82) is 0 Å². The molecule has 0 aliphatic heterocycles. The molecule has 1 aromatic rings. The highest BCUT2D eigenvalue weighted by atomic mass is 19.1. The minimum absolute atomic E-state index is 0.0501. The van der Waals surface area contributed by atoms with Crippen LogP contribution in [-0.4, -0.2) is 39.8 Å². The van der Waals surface area contributed by atoms with Gasteiger partial charge in [-0.1, -0.05) is 18.2 Å². The smallest absolute Gasteiger partial charge is 0.414 e. The molecule has 0 spiro atoms. The molecule has 110 valence electrons. The fourth-order valence-corrected chi connectivity index (χ4v) is 1.06. The summed E-state index contributed by atoms with van der Waals surface area (Å²) in [6.45, 7) is 0.712. The third-order valence-corrected chi connectivity index (χ3v) is 1.97. The third-order valence-electron chi connectivity index (χ3n) is 1.97. The summed E-state index contributed by atoms with van der Waals surface area (Å²) in [5.41, 5.74) is 0.554. The summed E-state index contributed by atoms with van der Waals surface area (Å²) < 4.78 is 13.0. The van der Waals surface area contributed by atoms with Gasteiger partial charge in [-0.3, -0.25) is 4.79 Å². The lowest BCUT2D eigenvalue weighted by atomic mass is 10.2. The Hall–Kier alpha value is -2.48. The van der Waals surface area contributed by atoms with Crippen LogP contribution in [0.2, 0.25) is 0 Å². The summed E-state index contributed by atoms with van der Waals surface area (Å²) in [5, 5.41) is 26.0. The van der Waals surface area contributed by atoms with E-state index in [9.17, 15) is 9.18 Å². The van der Waals surface area contributed by atoms with Gasteiger partial charge in [0.2, 0.25) is 0 Å². The molecule has 0 aromatic heterocycles. The standard InChI is InChI=1S/C10H12FNO2.C2H2O4/c11-9-4-2-1-3-8(9)7-12-6-5-10(13)14;3-1(4)2(5)6/h1-4,12H,5-7H2,(H,13,14);(H,3,4)(H,5,6). The van der Waals surface area contributed by atoms with Crippen molar-refractivity contribution in [2.75, 3.05) is 6.54 Å². The summed E-state index contributed by atoms with van der Waals surface area (Å²) in [6.07, 6.45) is 0.0501. The molecule has 8 heteroatoms. The number of aliphatic carboxylic acids is 3. The molecule has 0 unspecified atom stereocenters. The SMILES string of the molecule is O=C(O)C(=O)O.O=C(O)CCNCc1ccccc1F. The fraction of sp³-hybridized carbons (Fsp3) is 0.250. The highest BCUT2D eigenvalue weighted by Gasteiger charge is 2.04. The van der Waals surface area contributed by atoms with Crippen LogP contribution in [0.4, 0.5) is 4.39 Å². The van der Waals surface area contributed by atoms with E-state index in [0.717, 1.165) is 0 Å². The largest absolute Gasteiger partial charge is 0.481 e. The average molecular weight is 287 g/mol. The number of rotatable bonds is 5. The Morgan fingerprint density at radius 2 is 1.60 bits per heavy atom. The Morgan fingerprint density at radius 3 is 2.05 bits per heavy atom. The van der Waals surface area contributed by atoms with Gasteiger partial charge >= 0.3 is 17.9 Å². The Labute approximate surface area is 113 Å². The predicted molar refractivity (Wildman–Crippen MR) is 65.6 cm³/mol. The van der Waals surface area contributed by atoms with Crippen molar-refractivity contribution in [1.82, 2.24) is 5.32 Å². The zero-order valence-electron chi connectivity index (χ0n) is 10.4. The molecule has 1 aromatic carbocycles. The van der Waals surface area contributed by atoms with Gasteiger partial charge in [0.05, 0.1) is 6.42 Å². The van der Waals surface area contributed by atoms with Gasteiger partial charge in [-0.2, -0.15) is 0 Å². The van der Waals surface area contributed by atoms with E-state index in [1.807, 2.05) is 0 Å². The van der Waals surface area contributed by atoms with Crippen molar-refractivity contribution in [3.63, 3.8) is 0 Å². The molecule has 0 saturated carbocycles. The van der Waals surface area contributed by atoms with Gasteiger partial charge in [0.15, 0.2) is 0 Å². The first-order chi connectivity index (χ1) is 9.34. The number of halogens is 1. The van der Waals surface area contributed by atoms with E-state index in [-0.39, 0.29) is 12.2 Å². The molecule has 0 saturated heterocycles. The number of carboxylic acids is 3. The molecule has 0 amide bonds. The maximum atomic E-state index is 13.0. The molecule has 7 nitrogen and oxygen atoms in total. The number of hydrogen-bond acceptors (Lipinski definition) is 4. The summed E-state index contributed by atoms with van der Waals surface area (Å²) in [6, 6.07) is 6.42. The summed E-state index contributed by atoms with van der Waals surface area (Å²) in [5.74, 6) is -4.77. The normalized spacial score (nSPS) is 9.25. The van der Waals surface area contributed by atoms with Gasteiger partial charge in [0.25, 0.3) is 0 Å². The topological polar surface area (TPSA) is 124 Å². The van der Waals surface area contributed by atoms with Crippen molar-refractivity contribution in [3.8, 4) is 0 Å². The Morgan fingerprint density at radius 1 is 1.05 bits per heavy atom. The zero-order chi connectivity index (χ0) is 15.5. The molecule has 0 bridgehead atoms. The molecule has 0 aliphatic carbocycles. The first-order valence-electron chi connectivity index (χ1n) is 5.46. The molecular formula is C12H14FNO6. The highest BCUT2D eigenvalue weighted by Crippen LogP contribution is 2.05. The molecule has 0 atom stereocenters. The van der Waals surface area contributed by atoms with Crippen molar-refractivity contribution in [3.05, 3.63) is 35.6 Å². The van der Waals surface area contributed by atoms with Crippen LogP contribution in [0.3, 0.4) is 0 Å². The molecule has 4 N–H and O–H groups in total. The number of benzene rings is 1. The maximum Gasteiger partial charge on any atom is 0.414 e. The first-order valence-corrected chi connectivity index (χ1v) is 5.46.